The topological polar surface area (TPSA) is 59.1 Å². The zero-order valence-electron chi connectivity index (χ0n) is 11.5. The molecule has 0 spiro atoms. The number of methoxy groups -OCH3 is 2. The van der Waals surface area contributed by atoms with Crippen molar-refractivity contribution >= 4 is 11.8 Å². The van der Waals surface area contributed by atoms with Crippen LogP contribution in [-0.4, -0.2) is 74.2 Å². The molecule has 0 bridgehead atoms. The van der Waals surface area contributed by atoms with E-state index in [1.807, 2.05) is 0 Å². The molecule has 1 fully saturated rings. The molecule has 1 aliphatic rings. The van der Waals surface area contributed by atoms with Crippen molar-refractivity contribution in [3.05, 3.63) is 0 Å². The van der Waals surface area contributed by atoms with Crippen molar-refractivity contribution < 1.29 is 19.1 Å². The molecule has 0 radical (unpaired) electrons. The number of ether oxygens (including phenoxy) is 2. The van der Waals surface area contributed by atoms with Crippen LogP contribution in [0.3, 0.4) is 0 Å². The molecule has 0 aromatic rings. The van der Waals surface area contributed by atoms with Crippen LogP contribution in [0.2, 0.25) is 0 Å². The average Bonchev–Trinajstić information content (AvgIpc) is 2.44. The van der Waals surface area contributed by atoms with Gasteiger partial charge in [-0.3, -0.25) is 9.59 Å². The van der Waals surface area contributed by atoms with Crippen LogP contribution in [0.15, 0.2) is 0 Å². The lowest BCUT2D eigenvalue weighted by Crippen LogP contribution is -2.54. The molecule has 1 rings (SSSR count). The first-order valence-electron chi connectivity index (χ1n) is 6.14. The molecular weight excluding hydrogens is 236 g/mol. The van der Waals surface area contributed by atoms with E-state index in [0.29, 0.717) is 26.2 Å². The van der Waals surface area contributed by atoms with Gasteiger partial charge >= 0.3 is 0 Å². The summed E-state index contributed by atoms with van der Waals surface area (Å²) in [5.41, 5.74) is 0. The number of amides is 2. The largest absolute Gasteiger partial charge is 0.372 e. The second kappa shape index (κ2) is 6.70. The van der Waals surface area contributed by atoms with E-state index in [9.17, 15) is 9.59 Å². The van der Waals surface area contributed by atoms with Gasteiger partial charge in [0.15, 0.2) is 0 Å². The third-order valence-corrected chi connectivity index (χ3v) is 3.31. The SMILES string of the molecule is COC(C)C(=O)N1CCN(C(=O)C(C)OC)CC1. The number of nitrogens with zero attached hydrogens (tertiary/aromatic N) is 2. The molecule has 2 unspecified atom stereocenters. The quantitative estimate of drug-likeness (QED) is 0.696. The highest BCUT2D eigenvalue weighted by atomic mass is 16.5. The lowest BCUT2D eigenvalue weighted by molar-refractivity contribution is -0.149. The predicted molar refractivity (Wildman–Crippen MR) is 66.1 cm³/mol. The minimum Gasteiger partial charge on any atom is -0.372 e. The summed E-state index contributed by atoms with van der Waals surface area (Å²) in [6.07, 6.45) is -0.852. The first-order chi connectivity index (χ1) is 8.51. The minimum absolute atomic E-state index is 0.0237. The second-order valence-corrected chi connectivity index (χ2v) is 4.41. The Hall–Kier alpha value is -1.14. The maximum absolute atomic E-state index is 11.9. The molecule has 1 saturated heterocycles. The molecular formula is C12H22N2O4. The number of carbonyl (C=O) groups excluding carboxylic acids is 2. The number of hydrogen-bond donors (Lipinski definition) is 0. The van der Waals surface area contributed by atoms with Gasteiger partial charge < -0.3 is 19.3 Å². The van der Waals surface area contributed by atoms with Gasteiger partial charge in [0.2, 0.25) is 0 Å². The number of piperazine rings is 1. The van der Waals surface area contributed by atoms with E-state index in [1.54, 1.807) is 23.6 Å². The highest BCUT2D eigenvalue weighted by molar-refractivity contribution is 5.82. The van der Waals surface area contributed by atoms with Crippen molar-refractivity contribution in [3.8, 4) is 0 Å². The third kappa shape index (κ3) is 3.43. The summed E-state index contributed by atoms with van der Waals surface area (Å²) in [5.74, 6) is -0.0474. The summed E-state index contributed by atoms with van der Waals surface area (Å²) in [6.45, 7) is 5.66. The molecule has 1 aliphatic heterocycles. The van der Waals surface area contributed by atoms with Crippen molar-refractivity contribution in [2.24, 2.45) is 0 Å². The number of rotatable bonds is 4. The molecule has 104 valence electrons. The minimum atomic E-state index is -0.426. The Balaban J connectivity index is 2.46. The second-order valence-electron chi connectivity index (χ2n) is 4.41. The van der Waals surface area contributed by atoms with E-state index >= 15 is 0 Å². The summed E-state index contributed by atoms with van der Waals surface area (Å²) < 4.78 is 10.0. The number of hydrogen-bond acceptors (Lipinski definition) is 4. The van der Waals surface area contributed by atoms with Crippen LogP contribution in [0.25, 0.3) is 0 Å². The molecule has 18 heavy (non-hydrogen) atoms. The fourth-order valence-electron chi connectivity index (χ4n) is 1.86. The highest BCUT2D eigenvalue weighted by Gasteiger charge is 2.28. The van der Waals surface area contributed by atoms with Crippen LogP contribution < -0.4 is 0 Å². The molecule has 0 N–H and O–H groups in total. The van der Waals surface area contributed by atoms with Crippen LogP contribution in [0.5, 0.6) is 0 Å². The van der Waals surface area contributed by atoms with Gasteiger partial charge in [0, 0.05) is 40.4 Å². The van der Waals surface area contributed by atoms with Crippen LogP contribution >= 0.6 is 0 Å². The van der Waals surface area contributed by atoms with Crippen molar-refractivity contribution in [3.63, 3.8) is 0 Å². The van der Waals surface area contributed by atoms with Gasteiger partial charge in [-0.25, -0.2) is 0 Å². The van der Waals surface area contributed by atoms with Crippen LogP contribution in [0.1, 0.15) is 13.8 Å². The van der Waals surface area contributed by atoms with Gasteiger partial charge in [-0.1, -0.05) is 0 Å². The molecule has 2 atom stereocenters. The Morgan fingerprint density at radius 3 is 1.33 bits per heavy atom. The van der Waals surface area contributed by atoms with Gasteiger partial charge in [0.1, 0.15) is 12.2 Å². The van der Waals surface area contributed by atoms with E-state index in [1.165, 1.54) is 14.2 Å². The molecule has 0 aromatic heterocycles. The third-order valence-electron chi connectivity index (χ3n) is 3.31. The zero-order valence-corrected chi connectivity index (χ0v) is 11.5. The summed E-state index contributed by atoms with van der Waals surface area (Å²) in [6, 6.07) is 0. The molecule has 1 heterocycles. The lowest BCUT2D eigenvalue weighted by Gasteiger charge is -2.36. The Bertz CT molecular complexity index is 270. The predicted octanol–water partition coefficient (Wildman–Crippen LogP) is -0.273. The molecule has 6 nitrogen and oxygen atoms in total. The zero-order chi connectivity index (χ0) is 13.7. The fraction of sp³-hybridized carbons (Fsp3) is 0.833. The van der Waals surface area contributed by atoms with Crippen LogP contribution in [0.4, 0.5) is 0 Å². The molecule has 0 aliphatic carbocycles. The summed E-state index contributed by atoms with van der Waals surface area (Å²) in [5, 5.41) is 0. The normalized spacial score (nSPS) is 19.6. The number of carbonyl (C=O) groups is 2. The van der Waals surface area contributed by atoms with Gasteiger partial charge in [-0.2, -0.15) is 0 Å². The Morgan fingerprint density at radius 2 is 1.11 bits per heavy atom. The fourth-order valence-corrected chi connectivity index (χ4v) is 1.86. The van der Waals surface area contributed by atoms with Crippen molar-refractivity contribution in [1.29, 1.82) is 0 Å². The van der Waals surface area contributed by atoms with E-state index in [-0.39, 0.29) is 11.8 Å². The van der Waals surface area contributed by atoms with Crippen molar-refractivity contribution in [2.45, 2.75) is 26.1 Å². The smallest absolute Gasteiger partial charge is 0.251 e. The maximum Gasteiger partial charge on any atom is 0.251 e. The summed E-state index contributed by atoms with van der Waals surface area (Å²) in [7, 11) is 3.03. The first kappa shape index (κ1) is 14.9. The van der Waals surface area contributed by atoms with E-state index < -0.39 is 12.2 Å². The van der Waals surface area contributed by atoms with Crippen molar-refractivity contribution in [2.75, 3.05) is 40.4 Å². The van der Waals surface area contributed by atoms with Gasteiger partial charge in [0.25, 0.3) is 11.8 Å². The van der Waals surface area contributed by atoms with Crippen LogP contribution in [-0.2, 0) is 19.1 Å². The lowest BCUT2D eigenvalue weighted by atomic mass is 10.2. The van der Waals surface area contributed by atoms with Crippen LogP contribution in [0, 0.1) is 0 Å². The van der Waals surface area contributed by atoms with E-state index in [4.69, 9.17) is 9.47 Å². The average molecular weight is 258 g/mol. The Morgan fingerprint density at radius 1 is 0.833 bits per heavy atom. The molecule has 2 amide bonds. The monoisotopic (exact) mass is 258 g/mol. The van der Waals surface area contributed by atoms with Gasteiger partial charge in [0.05, 0.1) is 0 Å². The molecule has 0 aromatic carbocycles. The molecule has 6 heteroatoms. The maximum atomic E-state index is 11.9. The summed E-state index contributed by atoms with van der Waals surface area (Å²) in [4.78, 5) is 27.2. The molecule has 0 saturated carbocycles. The van der Waals surface area contributed by atoms with Gasteiger partial charge in [-0.05, 0) is 13.8 Å². The highest BCUT2D eigenvalue weighted by Crippen LogP contribution is 2.07. The summed E-state index contributed by atoms with van der Waals surface area (Å²) >= 11 is 0. The Labute approximate surface area is 108 Å². The van der Waals surface area contributed by atoms with Gasteiger partial charge in [-0.15, -0.1) is 0 Å². The van der Waals surface area contributed by atoms with Crippen molar-refractivity contribution in [1.82, 2.24) is 9.80 Å². The standard InChI is InChI=1S/C12H22N2O4/c1-9(17-3)11(15)13-5-7-14(8-6-13)12(16)10(2)18-4/h9-10H,5-8H2,1-4H3. The Kier molecular flexibility index (Phi) is 5.55. The van der Waals surface area contributed by atoms with E-state index in [0.717, 1.165) is 0 Å². The van der Waals surface area contributed by atoms with E-state index in [2.05, 4.69) is 0 Å². The first-order valence-corrected chi connectivity index (χ1v) is 6.14.